The number of hydrogen-bond donors (Lipinski definition) is 1. The Morgan fingerprint density at radius 2 is 2.11 bits per heavy atom. The highest BCUT2D eigenvalue weighted by molar-refractivity contribution is 7.11. The van der Waals surface area contributed by atoms with E-state index in [1.54, 1.807) is 0 Å². The van der Waals surface area contributed by atoms with Crippen LogP contribution in [0.25, 0.3) is 0 Å². The Bertz CT molecular complexity index is 413. The summed E-state index contributed by atoms with van der Waals surface area (Å²) >= 11 is 1.91. The molecular formula is C16H28N2S. The van der Waals surface area contributed by atoms with Crippen molar-refractivity contribution in [3.8, 4) is 0 Å². The molecule has 1 aromatic rings. The Morgan fingerprint density at radius 1 is 1.32 bits per heavy atom. The molecule has 108 valence electrons. The van der Waals surface area contributed by atoms with Gasteiger partial charge in [0.1, 0.15) is 5.01 Å². The second kappa shape index (κ2) is 6.36. The van der Waals surface area contributed by atoms with Gasteiger partial charge in [-0.2, -0.15) is 0 Å². The van der Waals surface area contributed by atoms with Gasteiger partial charge in [0.25, 0.3) is 0 Å². The third-order valence-corrected chi connectivity index (χ3v) is 6.11. The average Bonchev–Trinajstić information content (AvgIpc) is 2.69. The van der Waals surface area contributed by atoms with Gasteiger partial charge in [0.05, 0.1) is 11.2 Å². The van der Waals surface area contributed by atoms with E-state index < -0.39 is 0 Å². The van der Waals surface area contributed by atoms with Gasteiger partial charge in [0.15, 0.2) is 0 Å². The maximum Gasteiger partial charge on any atom is 0.113 e. The summed E-state index contributed by atoms with van der Waals surface area (Å²) in [7, 11) is 2.12. The van der Waals surface area contributed by atoms with E-state index in [4.69, 9.17) is 4.98 Å². The van der Waals surface area contributed by atoms with Gasteiger partial charge in [-0.3, -0.25) is 0 Å². The minimum absolute atomic E-state index is 0.146. The number of aryl methyl sites for hydroxylation is 2. The maximum atomic E-state index is 4.94. The molecule has 1 saturated carbocycles. The molecule has 0 spiro atoms. The van der Waals surface area contributed by atoms with E-state index in [9.17, 15) is 0 Å². The van der Waals surface area contributed by atoms with Crippen molar-refractivity contribution < 1.29 is 0 Å². The van der Waals surface area contributed by atoms with Crippen molar-refractivity contribution in [2.45, 2.75) is 71.3 Å². The van der Waals surface area contributed by atoms with Crippen molar-refractivity contribution in [1.82, 2.24) is 10.3 Å². The lowest BCUT2D eigenvalue weighted by molar-refractivity contribution is 0.305. The van der Waals surface area contributed by atoms with Crippen LogP contribution in [0.1, 0.15) is 68.0 Å². The van der Waals surface area contributed by atoms with Gasteiger partial charge in [-0.1, -0.05) is 33.1 Å². The molecule has 1 aromatic heterocycles. The summed E-state index contributed by atoms with van der Waals surface area (Å²) in [6, 6.07) is 0. The Morgan fingerprint density at radius 3 is 2.68 bits per heavy atom. The van der Waals surface area contributed by atoms with Crippen molar-refractivity contribution in [3.05, 3.63) is 15.6 Å². The molecule has 2 atom stereocenters. The average molecular weight is 280 g/mol. The highest BCUT2D eigenvalue weighted by Gasteiger charge is 2.36. The van der Waals surface area contributed by atoms with E-state index >= 15 is 0 Å². The number of rotatable bonds is 4. The number of hydrogen-bond acceptors (Lipinski definition) is 3. The number of thiazole rings is 1. The Balaban J connectivity index is 2.25. The molecule has 1 aliphatic rings. The fourth-order valence-electron chi connectivity index (χ4n) is 3.35. The first-order chi connectivity index (χ1) is 9.15. The van der Waals surface area contributed by atoms with Crippen LogP contribution in [-0.4, -0.2) is 12.0 Å². The second-order valence-corrected chi connectivity index (χ2v) is 7.12. The van der Waals surface area contributed by atoms with Gasteiger partial charge in [0.2, 0.25) is 0 Å². The van der Waals surface area contributed by atoms with Crippen LogP contribution in [0.3, 0.4) is 0 Å². The first-order valence-corrected chi connectivity index (χ1v) is 8.62. The van der Waals surface area contributed by atoms with Crippen LogP contribution < -0.4 is 5.32 Å². The SMILES string of the molecule is CCc1nc(C2(NC)CCCC(CC)CC2)sc1C. The maximum absolute atomic E-state index is 4.94. The standard InChI is InChI=1S/C16H28N2S/c1-5-13-8-7-10-16(17-4,11-9-13)15-18-14(6-2)12(3)19-15/h13,17H,5-11H2,1-4H3. The molecule has 19 heavy (non-hydrogen) atoms. The summed E-state index contributed by atoms with van der Waals surface area (Å²) in [5.41, 5.74) is 1.44. The van der Waals surface area contributed by atoms with Crippen molar-refractivity contribution >= 4 is 11.3 Å². The Kier molecular flexibility index (Phi) is 5.02. The lowest BCUT2D eigenvalue weighted by Gasteiger charge is -2.30. The summed E-state index contributed by atoms with van der Waals surface area (Å²) in [5, 5.41) is 4.97. The third-order valence-electron chi connectivity index (χ3n) is 4.89. The number of nitrogens with one attached hydrogen (secondary N) is 1. The largest absolute Gasteiger partial charge is 0.308 e. The third kappa shape index (κ3) is 3.03. The molecule has 2 unspecified atom stereocenters. The van der Waals surface area contributed by atoms with Gasteiger partial charge in [-0.25, -0.2) is 4.98 Å². The first kappa shape index (κ1) is 15.0. The van der Waals surface area contributed by atoms with Crippen LogP contribution in [0, 0.1) is 12.8 Å². The molecular weight excluding hydrogens is 252 g/mol. The van der Waals surface area contributed by atoms with Crippen molar-refractivity contribution in [2.24, 2.45) is 5.92 Å². The Labute approximate surface area is 122 Å². The molecule has 1 fully saturated rings. The lowest BCUT2D eigenvalue weighted by Crippen LogP contribution is -2.39. The van der Waals surface area contributed by atoms with Gasteiger partial charge < -0.3 is 5.32 Å². The smallest absolute Gasteiger partial charge is 0.113 e. The lowest BCUT2D eigenvalue weighted by atomic mass is 9.90. The second-order valence-electron chi connectivity index (χ2n) is 5.91. The fraction of sp³-hybridized carbons (Fsp3) is 0.812. The zero-order valence-corrected chi connectivity index (χ0v) is 13.7. The molecule has 0 radical (unpaired) electrons. The van der Waals surface area contributed by atoms with E-state index in [1.807, 2.05) is 11.3 Å². The number of aromatic nitrogens is 1. The minimum Gasteiger partial charge on any atom is -0.308 e. The highest BCUT2D eigenvalue weighted by atomic mass is 32.1. The van der Waals surface area contributed by atoms with Gasteiger partial charge in [0, 0.05) is 4.88 Å². The van der Waals surface area contributed by atoms with E-state index in [0.29, 0.717) is 0 Å². The molecule has 0 aliphatic heterocycles. The van der Waals surface area contributed by atoms with Crippen LogP contribution in [0.5, 0.6) is 0 Å². The normalized spacial score (nSPS) is 28.3. The molecule has 2 nitrogen and oxygen atoms in total. The quantitative estimate of drug-likeness (QED) is 0.826. The van der Waals surface area contributed by atoms with Crippen LogP contribution in [0.2, 0.25) is 0 Å². The van der Waals surface area contributed by atoms with E-state index in [1.165, 1.54) is 54.1 Å². The van der Waals surface area contributed by atoms with Crippen LogP contribution >= 0.6 is 11.3 Å². The topological polar surface area (TPSA) is 24.9 Å². The van der Waals surface area contributed by atoms with Gasteiger partial charge in [-0.15, -0.1) is 11.3 Å². The molecule has 3 heteroatoms. The van der Waals surface area contributed by atoms with Crippen molar-refractivity contribution in [2.75, 3.05) is 7.05 Å². The molecule has 0 aromatic carbocycles. The van der Waals surface area contributed by atoms with Gasteiger partial charge in [-0.05, 0) is 45.6 Å². The summed E-state index contributed by atoms with van der Waals surface area (Å²) < 4.78 is 0. The molecule has 1 aliphatic carbocycles. The molecule has 2 rings (SSSR count). The van der Waals surface area contributed by atoms with E-state index in [0.717, 1.165) is 12.3 Å². The fourth-order valence-corrected chi connectivity index (χ4v) is 4.61. The van der Waals surface area contributed by atoms with Crippen LogP contribution in [0.15, 0.2) is 0 Å². The molecule has 0 amide bonds. The van der Waals surface area contributed by atoms with E-state index in [-0.39, 0.29) is 5.54 Å². The van der Waals surface area contributed by atoms with Gasteiger partial charge >= 0.3 is 0 Å². The molecule has 0 saturated heterocycles. The predicted octanol–water partition coefficient (Wildman–Crippen LogP) is 4.42. The first-order valence-electron chi connectivity index (χ1n) is 7.81. The van der Waals surface area contributed by atoms with Crippen molar-refractivity contribution in [3.63, 3.8) is 0 Å². The minimum atomic E-state index is 0.146. The zero-order valence-electron chi connectivity index (χ0n) is 12.9. The van der Waals surface area contributed by atoms with Crippen molar-refractivity contribution in [1.29, 1.82) is 0 Å². The summed E-state index contributed by atoms with van der Waals surface area (Å²) in [6.07, 6.45) is 8.95. The highest BCUT2D eigenvalue weighted by Crippen LogP contribution is 2.40. The summed E-state index contributed by atoms with van der Waals surface area (Å²) in [6.45, 7) is 6.76. The number of nitrogens with zero attached hydrogens (tertiary/aromatic N) is 1. The summed E-state index contributed by atoms with van der Waals surface area (Å²) in [5.74, 6) is 0.918. The molecule has 1 N–H and O–H groups in total. The predicted molar refractivity (Wildman–Crippen MR) is 83.8 cm³/mol. The molecule has 1 heterocycles. The molecule has 0 bridgehead atoms. The zero-order chi connectivity index (χ0) is 13.9. The van der Waals surface area contributed by atoms with Crippen LogP contribution in [-0.2, 0) is 12.0 Å². The summed E-state index contributed by atoms with van der Waals surface area (Å²) in [4.78, 5) is 6.35. The monoisotopic (exact) mass is 280 g/mol. The van der Waals surface area contributed by atoms with Crippen LogP contribution in [0.4, 0.5) is 0 Å². The Hall–Kier alpha value is -0.410. The van der Waals surface area contributed by atoms with E-state index in [2.05, 4.69) is 33.1 Å².